The summed E-state index contributed by atoms with van der Waals surface area (Å²) in [4.78, 5) is 15.9. The van der Waals surface area contributed by atoms with E-state index >= 15 is 0 Å². The SMILES string of the molecule is Cc1nc(C)c(CNS(=O)(=O)c2ccccc2CC(=O)O)s1. The first-order chi connectivity index (χ1) is 10.3. The zero-order valence-corrected chi connectivity index (χ0v) is 13.8. The molecule has 22 heavy (non-hydrogen) atoms. The van der Waals surface area contributed by atoms with Crippen LogP contribution in [0.5, 0.6) is 0 Å². The van der Waals surface area contributed by atoms with Crippen molar-refractivity contribution in [2.24, 2.45) is 0 Å². The smallest absolute Gasteiger partial charge is 0.307 e. The van der Waals surface area contributed by atoms with Crippen LogP contribution in [0.15, 0.2) is 29.2 Å². The summed E-state index contributed by atoms with van der Waals surface area (Å²) in [5.74, 6) is -1.07. The Kier molecular flexibility index (Phi) is 4.94. The van der Waals surface area contributed by atoms with Crippen LogP contribution >= 0.6 is 11.3 Å². The van der Waals surface area contributed by atoms with Crippen LogP contribution in [0.1, 0.15) is 21.1 Å². The Labute approximate surface area is 132 Å². The molecule has 0 atom stereocenters. The molecule has 6 nitrogen and oxygen atoms in total. The van der Waals surface area contributed by atoms with Crippen molar-refractivity contribution in [2.75, 3.05) is 0 Å². The molecule has 0 saturated heterocycles. The third kappa shape index (κ3) is 3.90. The van der Waals surface area contributed by atoms with E-state index in [0.29, 0.717) is 0 Å². The highest BCUT2D eigenvalue weighted by molar-refractivity contribution is 7.89. The maximum Gasteiger partial charge on any atom is 0.307 e. The zero-order chi connectivity index (χ0) is 16.3. The second-order valence-corrected chi connectivity index (χ2v) is 7.77. The molecule has 0 bridgehead atoms. The Morgan fingerprint density at radius 3 is 2.59 bits per heavy atom. The van der Waals surface area contributed by atoms with Crippen LogP contribution in [0.2, 0.25) is 0 Å². The van der Waals surface area contributed by atoms with Gasteiger partial charge in [0.05, 0.1) is 22.0 Å². The summed E-state index contributed by atoms with van der Waals surface area (Å²) in [7, 11) is -3.78. The molecule has 0 aliphatic carbocycles. The number of rotatable bonds is 6. The summed E-state index contributed by atoms with van der Waals surface area (Å²) in [5.41, 5.74) is 1.06. The third-order valence-electron chi connectivity index (χ3n) is 3.03. The Morgan fingerprint density at radius 1 is 1.32 bits per heavy atom. The first-order valence-corrected chi connectivity index (χ1v) is 8.82. The Morgan fingerprint density at radius 2 is 2.00 bits per heavy atom. The fourth-order valence-electron chi connectivity index (χ4n) is 2.05. The molecule has 0 spiro atoms. The number of hydrogen-bond donors (Lipinski definition) is 2. The second-order valence-electron chi connectivity index (χ2n) is 4.74. The van der Waals surface area contributed by atoms with E-state index in [1.54, 1.807) is 12.1 Å². The van der Waals surface area contributed by atoms with Gasteiger partial charge in [-0.2, -0.15) is 0 Å². The fraction of sp³-hybridized carbons (Fsp3) is 0.286. The van der Waals surface area contributed by atoms with E-state index in [1.165, 1.54) is 23.5 Å². The molecular weight excluding hydrogens is 324 g/mol. The quantitative estimate of drug-likeness (QED) is 0.837. The molecule has 8 heteroatoms. The molecule has 0 aliphatic heterocycles. The van der Waals surface area contributed by atoms with E-state index in [0.717, 1.165) is 15.6 Å². The van der Waals surface area contributed by atoms with E-state index in [2.05, 4.69) is 9.71 Å². The number of carboxylic acid groups (broad SMARTS) is 1. The molecule has 1 heterocycles. The van der Waals surface area contributed by atoms with Gasteiger partial charge >= 0.3 is 5.97 Å². The van der Waals surface area contributed by atoms with E-state index in [4.69, 9.17) is 5.11 Å². The van der Waals surface area contributed by atoms with Gasteiger partial charge in [-0.1, -0.05) is 18.2 Å². The van der Waals surface area contributed by atoms with Crippen molar-refractivity contribution in [3.63, 3.8) is 0 Å². The predicted octanol–water partition coefficient (Wildman–Crippen LogP) is 1.87. The lowest BCUT2D eigenvalue weighted by atomic mass is 10.1. The highest BCUT2D eigenvalue weighted by Gasteiger charge is 2.20. The molecule has 118 valence electrons. The third-order valence-corrected chi connectivity index (χ3v) is 5.60. The van der Waals surface area contributed by atoms with Crippen LogP contribution in [-0.2, 0) is 27.8 Å². The number of aliphatic carboxylic acids is 1. The minimum absolute atomic E-state index is 0.00343. The number of carboxylic acids is 1. The maximum absolute atomic E-state index is 12.4. The average Bonchev–Trinajstić information content (AvgIpc) is 2.74. The molecular formula is C14H16N2O4S2. The summed E-state index contributed by atoms with van der Waals surface area (Å²) in [5, 5.41) is 9.76. The number of thiazole rings is 1. The highest BCUT2D eigenvalue weighted by Crippen LogP contribution is 2.20. The van der Waals surface area contributed by atoms with Crippen molar-refractivity contribution in [3.8, 4) is 0 Å². The van der Waals surface area contributed by atoms with Gasteiger partial charge in [-0.3, -0.25) is 4.79 Å². The minimum atomic E-state index is -3.78. The monoisotopic (exact) mass is 340 g/mol. The van der Waals surface area contributed by atoms with Gasteiger partial charge in [-0.05, 0) is 25.5 Å². The number of hydrogen-bond acceptors (Lipinski definition) is 5. The molecule has 2 N–H and O–H groups in total. The number of aromatic nitrogens is 1. The minimum Gasteiger partial charge on any atom is -0.481 e. The summed E-state index contributed by atoms with van der Waals surface area (Å²) in [6, 6.07) is 6.10. The van der Waals surface area contributed by atoms with Crippen LogP contribution in [-0.4, -0.2) is 24.5 Å². The molecule has 2 rings (SSSR count). The number of benzene rings is 1. The number of sulfonamides is 1. The average molecular weight is 340 g/mol. The van der Waals surface area contributed by atoms with Crippen molar-refractivity contribution in [1.82, 2.24) is 9.71 Å². The zero-order valence-electron chi connectivity index (χ0n) is 12.2. The molecule has 0 radical (unpaired) electrons. The van der Waals surface area contributed by atoms with E-state index in [9.17, 15) is 13.2 Å². The van der Waals surface area contributed by atoms with Gasteiger partial charge in [0.15, 0.2) is 0 Å². The number of aryl methyl sites for hydroxylation is 2. The van der Waals surface area contributed by atoms with Gasteiger partial charge in [0.2, 0.25) is 10.0 Å². The Balaban J connectivity index is 2.24. The van der Waals surface area contributed by atoms with Crippen LogP contribution in [0, 0.1) is 13.8 Å². The summed E-state index contributed by atoms with van der Waals surface area (Å²) >= 11 is 1.43. The van der Waals surface area contributed by atoms with Gasteiger partial charge < -0.3 is 5.11 Å². The largest absolute Gasteiger partial charge is 0.481 e. The molecule has 0 aliphatic rings. The van der Waals surface area contributed by atoms with Crippen molar-refractivity contribution < 1.29 is 18.3 Å². The van der Waals surface area contributed by atoms with Crippen LogP contribution in [0.3, 0.4) is 0 Å². The first kappa shape index (κ1) is 16.6. The molecule has 0 unspecified atom stereocenters. The van der Waals surface area contributed by atoms with Gasteiger partial charge in [-0.15, -0.1) is 11.3 Å². The lowest BCUT2D eigenvalue weighted by Crippen LogP contribution is -2.24. The predicted molar refractivity (Wildman–Crippen MR) is 83.4 cm³/mol. The van der Waals surface area contributed by atoms with Gasteiger partial charge in [0.1, 0.15) is 0 Å². The van der Waals surface area contributed by atoms with Crippen molar-refractivity contribution in [3.05, 3.63) is 45.4 Å². The van der Waals surface area contributed by atoms with E-state index < -0.39 is 16.0 Å². The summed E-state index contributed by atoms with van der Waals surface area (Å²) in [6.07, 6.45) is -0.338. The number of nitrogens with zero attached hydrogens (tertiary/aromatic N) is 1. The van der Waals surface area contributed by atoms with Crippen molar-refractivity contribution in [2.45, 2.75) is 31.7 Å². The van der Waals surface area contributed by atoms with Gasteiger partial charge in [-0.25, -0.2) is 18.1 Å². The van der Waals surface area contributed by atoms with Gasteiger partial charge in [0.25, 0.3) is 0 Å². The second kappa shape index (κ2) is 6.55. The molecule has 0 amide bonds. The van der Waals surface area contributed by atoms with Crippen LogP contribution in [0.4, 0.5) is 0 Å². The van der Waals surface area contributed by atoms with Crippen LogP contribution in [0.25, 0.3) is 0 Å². The molecule has 1 aromatic heterocycles. The maximum atomic E-state index is 12.4. The van der Waals surface area contributed by atoms with Gasteiger partial charge in [0, 0.05) is 11.4 Å². The fourth-order valence-corrected chi connectivity index (χ4v) is 4.25. The normalized spacial score (nSPS) is 11.5. The Hall–Kier alpha value is -1.77. The highest BCUT2D eigenvalue weighted by atomic mass is 32.2. The summed E-state index contributed by atoms with van der Waals surface area (Å²) < 4.78 is 27.3. The topological polar surface area (TPSA) is 96.4 Å². The van der Waals surface area contributed by atoms with Crippen molar-refractivity contribution >= 4 is 27.3 Å². The number of carbonyl (C=O) groups is 1. The molecule has 0 saturated carbocycles. The van der Waals surface area contributed by atoms with E-state index in [1.807, 2.05) is 13.8 Å². The molecule has 1 aromatic carbocycles. The standard InChI is InChI=1S/C14H16N2O4S2/c1-9-12(21-10(2)16-9)8-15-22(19,20)13-6-4-3-5-11(13)7-14(17)18/h3-6,15H,7-8H2,1-2H3,(H,17,18). The lowest BCUT2D eigenvalue weighted by Gasteiger charge is -2.10. The van der Waals surface area contributed by atoms with E-state index in [-0.39, 0.29) is 23.4 Å². The van der Waals surface area contributed by atoms with Crippen molar-refractivity contribution in [1.29, 1.82) is 0 Å². The Bertz CT molecular complexity index is 797. The lowest BCUT2D eigenvalue weighted by molar-refractivity contribution is -0.136. The number of nitrogens with one attached hydrogen (secondary N) is 1. The van der Waals surface area contributed by atoms with Crippen LogP contribution < -0.4 is 4.72 Å². The first-order valence-electron chi connectivity index (χ1n) is 6.52. The molecule has 2 aromatic rings. The molecule has 0 fully saturated rings. The summed E-state index contributed by atoms with van der Waals surface area (Å²) in [6.45, 7) is 3.82.